The highest BCUT2D eigenvalue weighted by Gasteiger charge is 2.19. The molecule has 0 spiro atoms. The van der Waals surface area contributed by atoms with E-state index in [0.29, 0.717) is 11.7 Å². The van der Waals surface area contributed by atoms with Gasteiger partial charge < -0.3 is 9.84 Å². The molecular formula is C16H23NO3. The Bertz CT molecular complexity index is 467. The van der Waals surface area contributed by atoms with E-state index >= 15 is 0 Å². The molecule has 1 aliphatic rings. The van der Waals surface area contributed by atoms with Crippen molar-refractivity contribution < 1.29 is 14.6 Å². The summed E-state index contributed by atoms with van der Waals surface area (Å²) in [5.74, 6) is -0.869. The monoisotopic (exact) mass is 277 g/mol. The molecule has 1 aromatic rings. The van der Waals surface area contributed by atoms with Crippen LogP contribution < -0.4 is 0 Å². The summed E-state index contributed by atoms with van der Waals surface area (Å²) < 4.78 is 5.68. The van der Waals surface area contributed by atoms with E-state index in [1.807, 2.05) is 13.0 Å². The Morgan fingerprint density at radius 3 is 2.85 bits per heavy atom. The topological polar surface area (TPSA) is 49.8 Å². The Balaban J connectivity index is 2.01. The second-order valence-electron chi connectivity index (χ2n) is 5.41. The molecule has 1 atom stereocenters. The Morgan fingerprint density at radius 2 is 2.30 bits per heavy atom. The van der Waals surface area contributed by atoms with Crippen LogP contribution in [-0.2, 0) is 11.3 Å². The van der Waals surface area contributed by atoms with Crippen molar-refractivity contribution in [2.24, 2.45) is 0 Å². The molecule has 110 valence electrons. The van der Waals surface area contributed by atoms with Gasteiger partial charge in [0, 0.05) is 19.7 Å². The van der Waals surface area contributed by atoms with Crippen LogP contribution in [-0.4, -0.2) is 41.8 Å². The summed E-state index contributed by atoms with van der Waals surface area (Å²) in [7, 11) is 0. The average Bonchev–Trinajstić information content (AvgIpc) is 2.92. The van der Waals surface area contributed by atoms with Gasteiger partial charge in [-0.15, -0.1) is 0 Å². The Kier molecular flexibility index (Phi) is 5.15. The predicted molar refractivity (Wildman–Crippen MR) is 78.1 cm³/mol. The molecule has 1 saturated heterocycles. The van der Waals surface area contributed by atoms with Gasteiger partial charge in [-0.2, -0.15) is 0 Å². The summed E-state index contributed by atoms with van der Waals surface area (Å²) in [5.41, 5.74) is 2.58. The summed E-state index contributed by atoms with van der Waals surface area (Å²) in [6, 6.07) is 5.36. The SMILES string of the molecule is CCN(Cc1ccc(C(=O)O)cc1C)CC1CCCO1. The van der Waals surface area contributed by atoms with Crippen molar-refractivity contribution in [3.63, 3.8) is 0 Å². The van der Waals surface area contributed by atoms with Crippen LogP contribution in [0.25, 0.3) is 0 Å². The zero-order valence-corrected chi connectivity index (χ0v) is 12.3. The van der Waals surface area contributed by atoms with Crippen molar-refractivity contribution in [3.8, 4) is 0 Å². The first-order valence-corrected chi connectivity index (χ1v) is 7.27. The van der Waals surface area contributed by atoms with Crippen molar-refractivity contribution in [3.05, 3.63) is 34.9 Å². The molecule has 0 saturated carbocycles. The summed E-state index contributed by atoms with van der Waals surface area (Å²) in [6.07, 6.45) is 2.66. The Hall–Kier alpha value is -1.39. The first kappa shape index (κ1) is 15.0. The van der Waals surface area contributed by atoms with Gasteiger partial charge in [0.2, 0.25) is 0 Å². The number of aryl methyl sites for hydroxylation is 1. The maximum Gasteiger partial charge on any atom is 0.335 e. The van der Waals surface area contributed by atoms with Crippen LogP contribution in [0, 0.1) is 6.92 Å². The molecule has 1 heterocycles. The van der Waals surface area contributed by atoms with Crippen molar-refractivity contribution in [1.82, 2.24) is 4.90 Å². The molecule has 0 amide bonds. The number of ether oxygens (including phenoxy) is 1. The number of hydrogen-bond donors (Lipinski definition) is 1. The van der Waals surface area contributed by atoms with Crippen molar-refractivity contribution >= 4 is 5.97 Å². The number of likely N-dealkylation sites (N-methyl/N-ethyl adjacent to an activating group) is 1. The van der Waals surface area contributed by atoms with E-state index in [2.05, 4.69) is 11.8 Å². The van der Waals surface area contributed by atoms with Gasteiger partial charge >= 0.3 is 5.97 Å². The predicted octanol–water partition coefficient (Wildman–Crippen LogP) is 2.69. The van der Waals surface area contributed by atoms with Crippen LogP contribution in [0.2, 0.25) is 0 Å². The molecule has 4 nitrogen and oxygen atoms in total. The number of rotatable bonds is 6. The van der Waals surface area contributed by atoms with E-state index in [0.717, 1.165) is 44.6 Å². The third-order valence-electron chi connectivity index (χ3n) is 3.92. The zero-order chi connectivity index (χ0) is 14.5. The van der Waals surface area contributed by atoms with Crippen LogP contribution in [0.5, 0.6) is 0 Å². The summed E-state index contributed by atoms with van der Waals surface area (Å²) in [6.45, 7) is 7.78. The molecule has 0 bridgehead atoms. The van der Waals surface area contributed by atoms with Gasteiger partial charge in [-0.25, -0.2) is 4.79 Å². The molecule has 0 aliphatic carbocycles. The third-order valence-corrected chi connectivity index (χ3v) is 3.92. The lowest BCUT2D eigenvalue weighted by molar-refractivity contribution is 0.0696. The molecule has 1 N–H and O–H groups in total. The van der Waals surface area contributed by atoms with Gasteiger partial charge in [0.1, 0.15) is 0 Å². The molecule has 20 heavy (non-hydrogen) atoms. The van der Waals surface area contributed by atoms with Crippen LogP contribution in [0.4, 0.5) is 0 Å². The van der Waals surface area contributed by atoms with Crippen molar-refractivity contribution in [2.75, 3.05) is 19.7 Å². The standard InChI is InChI=1S/C16H23NO3/c1-3-17(11-15-5-4-8-20-15)10-14-7-6-13(16(18)19)9-12(14)2/h6-7,9,15H,3-5,8,10-11H2,1-2H3,(H,18,19). The second kappa shape index (κ2) is 6.86. The molecule has 0 aromatic heterocycles. The first-order chi connectivity index (χ1) is 9.60. The minimum atomic E-state index is -0.869. The van der Waals surface area contributed by atoms with E-state index < -0.39 is 5.97 Å². The van der Waals surface area contributed by atoms with Gasteiger partial charge in [0.25, 0.3) is 0 Å². The number of aromatic carboxylic acids is 1. The van der Waals surface area contributed by atoms with E-state index in [4.69, 9.17) is 9.84 Å². The maximum absolute atomic E-state index is 10.9. The molecule has 1 aliphatic heterocycles. The third kappa shape index (κ3) is 3.81. The normalized spacial score (nSPS) is 18.6. The lowest BCUT2D eigenvalue weighted by Crippen LogP contribution is -2.31. The second-order valence-corrected chi connectivity index (χ2v) is 5.41. The molecule has 4 heteroatoms. The number of carboxylic acid groups (broad SMARTS) is 1. The number of carbonyl (C=O) groups is 1. The number of carboxylic acids is 1. The zero-order valence-electron chi connectivity index (χ0n) is 12.3. The quantitative estimate of drug-likeness (QED) is 0.868. The van der Waals surface area contributed by atoms with Crippen LogP contribution in [0.3, 0.4) is 0 Å². The van der Waals surface area contributed by atoms with Crippen LogP contribution in [0.1, 0.15) is 41.3 Å². The molecule has 2 rings (SSSR count). The maximum atomic E-state index is 10.9. The largest absolute Gasteiger partial charge is 0.478 e. The minimum absolute atomic E-state index is 0.355. The lowest BCUT2D eigenvalue weighted by Gasteiger charge is -2.24. The van der Waals surface area contributed by atoms with Gasteiger partial charge in [-0.05, 0) is 49.6 Å². The molecule has 1 unspecified atom stereocenters. The molecule has 0 radical (unpaired) electrons. The molecule has 1 aromatic carbocycles. The summed E-state index contributed by atoms with van der Waals surface area (Å²) in [4.78, 5) is 13.3. The smallest absolute Gasteiger partial charge is 0.335 e. The molecular weight excluding hydrogens is 254 g/mol. The number of hydrogen-bond acceptors (Lipinski definition) is 3. The van der Waals surface area contributed by atoms with Gasteiger partial charge in [0.05, 0.1) is 11.7 Å². The number of nitrogens with zero attached hydrogens (tertiary/aromatic N) is 1. The molecule has 1 fully saturated rings. The van der Waals surface area contributed by atoms with E-state index in [-0.39, 0.29) is 0 Å². The fraction of sp³-hybridized carbons (Fsp3) is 0.562. The minimum Gasteiger partial charge on any atom is -0.478 e. The number of benzene rings is 1. The van der Waals surface area contributed by atoms with Gasteiger partial charge in [0.15, 0.2) is 0 Å². The Labute approximate surface area is 120 Å². The lowest BCUT2D eigenvalue weighted by atomic mass is 10.0. The van der Waals surface area contributed by atoms with Crippen LogP contribution >= 0.6 is 0 Å². The van der Waals surface area contributed by atoms with Gasteiger partial charge in [-0.3, -0.25) is 4.90 Å². The summed E-state index contributed by atoms with van der Waals surface area (Å²) in [5, 5.41) is 8.99. The highest BCUT2D eigenvalue weighted by molar-refractivity contribution is 5.87. The van der Waals surface area contributed by atoms with E-state index in [1.54, 1.807) is 12.1 Å². The fourth-order valence-electron chi connectivity index (χ4n) is 2.63. The Morgan fingerprint density at radius 1 is 1.50 bits per heavy atom. The van der Waals surface area contributed by atoms with Crippen molar-refractivity contribution in [1.29, 1.82) is 0 Å². The highest BCUT2D eigenvalue weighted by Crippen LogP contribution is 2.17. The fourth-order valence-corrected chi connectivity index (χ4v) is 2.63. The highest BCUT2D eigenvalue weighted by atomic mass is 16.5. The van der Waals surface area contributed by atoms with E-state index in [1.165, 1.54) is 5.56 Å². The van der Waals surface area contributed by atoms with Gasteiger partial charge in [-0.1, -0.05) is 13.0 Å². The van der Waals surface area contributed by atoms with E-state index in [9.17, 15) is 4.79 Å². The summed E-state index contributed by atoms with van der Waals surface area (Å²) >= 11 is 0. The average molecular weight is 277 g/mol. The first-order valence-electron chi connectivity index (χ1n) is 7.27. The van der Waals surface area contributed by atoms with Crippen molar-refractivity contribution in [2.45, 2.75) is 39.3 Å². The van der Waals surface area contributed by atoms with Crippen LogP contribution in [0.15, 0.2) is 18.2 Å².